The standard InChI is InChI=1S/C13H23NO2S/c15-12(9-11-10-17-8-6-14-11)3-1-4-13-5-2-7-16-13/h11,13-14H,1-10H2. The number of carbonyl (C=O) groups excluding carboxylic acids is 1. The number of ketones is 1. The smallest absolute Gasteiger partial charge is 0.134 e. The van der Waals surface area contributed by atoms with Gasteiger partial charge in [-0.1, -0.05) is 0 Å². The number of Topliss-reactive ketones (excluding diaryl/α,β-unsaturated/α-hetero) is 1. The molecule has 0 saturated carbocycles. The van der Waals surface area contributed by atoms with Crippen molar-refractivity contribution in [2.45, 2.75) is 50.7 Å². The average Bonchev–Trinajstić information content (AvgIpc) is 2.83. The molecule has 2 aliphatic heterocycles. The summed E-state index contributed by atoms with van der Waals surface area (Å²) in [6.45, 7) is 1.97. The summed E-state index contributed by atoms with van der Waals surface area (Å²) < 4.78 is 5.56. The molecule has 0 spiro atoms. The third-order valence-corrected chi connectivity index (χ3v) is 4.61. The lowest BCUT2D eigenvalue weighted by Crippen LogP contribution is -2.38. The number of nitrogens with one attached hydrogen (secondary N) is 1. The fourth-order valence-corrected chi connectivity index (χ4v) is 3.48. The molecular formula is C13H23NO2S. The molecule has 2 aliphatic rings. The predicted octanol–water partition coefficient (Wildman–Crippen LogP) is 2.00. The largest absolute Gasteiger partial charge is 0.378 e. The molecule has 0 aromatic carbocycles. The van der Waals surface area contributed by atoms with E-state index < -0.39 is 0 Å². The van der Waals surface area contributed by atoms with Crippen LogP contribution in [0, 0.1) is 0 Å². The van der Waals surface area contributed by atoms with Crippen LogP contribution in [0.2, 0.25) is 0 Å². The van der Waals surface area contributed by atoms with E-state index in [1.54, 1.807) is 0 Å². The molecule has 0 bridgehead atoms. The Morgan fingerprint density at radius 1 is 1.47 bits per heavy atom. The predicted molar refractivity (Wildman–Crippen MR) is 71.6 cm³/mol. The molecule has 17 heavy (non-hydrogen) atoms. The first-order valence-electron chi connectivity index (χ1n) is 6.79. The molecule has 98 valence electrons. The Morgan fingerprint density at radius 3 is 3.12 bits per heavy atom. The number of ether oxygens (including phenoxy) is 1. The third kappa shape index (κ3) is 4.98. The van der Waals surface area contributed by atoms with Crippen molar-refractivity contribution in [3.8, 4) is 0 Å². The highest BCUT2D eigenvalue weighted by atomic mass is 32.2. The fourth-order valence-electron chi connectivity index (χ4n) is 2.53. The van der Waals surface area contributed by atoms with E-state index in [1.807, 2.05) is 11.8 Å². The Balaban J connectivity index is 1.53. The van der Waals surface area contributed by atoms with Crippen LogP contribution in [0.15, 0.2) is 0 Å². The van der Waals surface area contributed by atoms with Gasteiger partial charge in [-0.3, -0.25) is 4.79 Å². The number of thioether (sulfide) groups is 1. The number of hydrogen-bond donors (Lipinski definition) is 1. The average molecular weight is 257 g/mol. The molecule has 0 aromatic heterocycles. The maximum absolute atomic E-state index is 11.8. The second-order valence-electron chi connectivity index (χ2n) is 5.00. The summed E-state index contributed by atoms with van der Waals surface area (Å²) in [4.78, 5) is 11.8. The molecule has 0 amide bonds. The minimum Gasteiger partial charge on any atom is -0.378 e. The van der Waals surface area contributed by atoms with E-state index in [-0.39, 0.29) is 0 Å². The first kappa shape index (κ1) is 13.4. The van der Waals surface area contributed by atoms with Crippen LogP contribution >= 0.6 is 11.8 Å². The highest BCUT2D eigenvalue weighted by molar-refractivity contribution is 7.99. The van der Waals surface area contributed by atoms with E-state index in [1.165, 1.54) is 18.6 Å². The first-order chi connectivity index (χ1) is 8.34. The van der Waals surface area contributed by atoms with Gasteiger partial charge in [0.1, 0.15) is 5.78 Å². The molecule has 4 heteroatoms. The molecule has 0 radical (unpaired) electrons. The Labute approximate surface area is 108 Å². The second kappa shape index (κ2) is 7.39. The van der Waals surface area contributed by atoms with Crippen molar-refractivity contribution >= 4 is 17.5 Å². The van der Waals surface area contributed by atoms with Gasteiger partial charge in [-0.25, -0.2) is 0 Å². The van der Waals surface area contributed by atoms with Crippen LogP contribution in [-0.2, 0) is 9.53 Å². The van der Waals surface area contributed by atoms with Gasteiger partial charge in [0, 0.05) is 43.5 Å². The van der Waals surface area contributed by atoms with Crippen LogP contribution in [0.5, 0.6) is 0 Å². The summed E-state index contributed by atoms with van der Waals surface area (Å²) in [5.74, 6) is 2.70. The maximum atomic E-state index is 11.8. The van der Waals surface area contributed by atoms with Gasteiger partial charge in [0.05, 0.1) is 6.10 Å². The van der Waals surface area contributed by atoms with Gasteiger partial charge in [0.15, 0.2) is 0 Å². The summed E-state index contributed by atoms with van der Waals surface area (Å²) in [5, 5.41) is 3.42. The highest BCUT2D eigenvalue weighted by Crippen LogP contribution is 2.18. The van der Waals surface area contributed by atoms with Crippen LogP contribution in [0.3, 0.4) is 0 Å². The van der Waals surface area contributed by atoms with Gasteiger partial charge in [-0.2, -0.15) is 11.8 Å². The topological polar surface area (TPSA) is 38.3 Å². The van der Waals surface area contributed by atoms with Crippen molar-refractivity contribution < 1.29 is 9.53 Å². The molecule has 0 aliphatic carbocycles. The molecule has 2 rings (SSSR count). The lowest BCUT2D eigenvalue weighted by molar-refractivity contribution is -0.119. The molecule has 2 fully saturated rings. The van der Waals surface area contributed by atoms with Crippen LogP contribution < -0.4 is 5.32 Å². The Morgan fingerprint density at radius 2 is 2.41 bits per heavy atom. The molecule has 2 unspecified atom stereocenters. The highest BCUT2D eigenvalue weighted by Gasteiger charge is 2.18. The van der Waals surface area contributed by atoms with Crippen molar-refractivity contribution in [3.05, 3.63) is 0 Å². The molecule has 0 aromatic rings. The summed E-state index contributed by atoms with van der Waals surface area (Å²) in [6, 6.07) is 0.420. The van der Waals surface area contributed by atoms with E-state index in [0.717, 1.165) is 44.6 Å². The van der Waals surface area contributed by atoms with Crippen molar-refractivity contribution in [2.75, 3.05) is 24.7 Å². The van der Waals surface area contributed by atoms with Gasteiger partial charge in [0.25, 0.3) is 0 Å². The van der Waals surface area contributed by atoms with E-state index >= 15 is 0 Å². The molecule has 2 heterocycles. The van der Waals surface area contributed by atoms with Gasteiger partial charge in [0.2, 0.25) is 0 Å². The zero-order chi connectivity index (χ0) is 11.9. The second-order valence-corrected chi connectivity index (χ2v) is 6.15. The zero-order valence-electron chi connectivity index (χ0n) is 10.5. The maximum Gasteiger partial charge on any atom is 0.134 e. The third-order valence-electron chi connectivity index (χ3n) is 3.48. The van der Waals surface area contributed by atoms with Crippen molar-refractivity contribution in [1.82, 2.24) is 5.32 Å². The van der Waals surface area contributed by atoms with Crippen molar-refractivity contribution in [3.63, 3.8) is 0 Å². The summed E-state index contributed by atoms with van der Waals surface area (Å²) in [7, 11) is 0. The van der Waals surface area contributed by atoms with Crippen LogP contribution in [0.1, 0.15) is 38.5 Å². The summed E-state index contributed by atoms with van der Waals surface area (Å²) >= 11 is 1.95. The number of carbonyl (C=O) groups is 1. The van der Waals surface area contributed by atoms with Gasteiger partial charge >= 0.3 is 0 Å². The molecule has 2 saturated heterocycles. The molecular weight excluding hydrogens is 234 g/mol. The van der Waals surface area contributed by atoms with Crippen LogP contribution in [0.25, 0.3) is 0 Å². The van der Waals surface area contributed by atoms with E-state index in [2.05, 4.69) is 5.32 Å². The Hall–Kier alpha value is -0.0600. The quantitative estimate of drug-likeness (QED) is 0.790. The van der Waals surface area contributed by atoms with E-state index in [4.69, 9.17) is 4.74 Å². The first-order valence-corrected chi connectivity index (χ1v) is 7.94. The van der Waals surface area contributed by atoms with Crippen molar-refractivity contribution in [2.24, 2.45) is 0 Å². The molecule has 2 atom stereocenters. The number of hydrogen-bond acceptors (Lipinski definition) is 4. The number of rotatable bonds is 6. The minimum atomic E-state index is 0.419. The summed E-state index contributed by atoms with van der Waals surface area (Å²) in [5.41, 5.74) is 0. The lowest BCUT2D eigenvalue weighted by atomic mass is 10.0. The Bertz CT molecular complexity index is 236. The fraction of sp³-hybridized carbons (Fsp3) is 0.923. The van der Waals surface area contributed by atoms with Crippen LogP contribution in [0.4, 0.5) is 0 Å². The van der Waals surface area contributed by atoms with Crippen LogP contribution in [-0.4, -0.2) is 42.6 Å². The van der Waals surface area contributed by atoms with E-state index in [9.17, 15) is 4.79 Å². The van der Waals surface area contributed by atoms with Crippen molar-refractivity contribution in [1.29, 1.82) is 0 Å². The SMILES string of the molecule is O=C(CCCC1CCCO1)CC1CSCCN1. The van der Waals surface area contributed by atoms with Gasteiger partial charge in [-0.15, -0.1) is 0 Å². The minimum absolute atomic E-state index is 0.419. The Kier molecular flexibility index (Phi) is 5.81. The molecule has 3 nitrogen and oxygen atoms in total. The molecule has 1 N–H and O–H groups in total. The van der Waals surface area contributed by atoms with E-state index in [0.29, 0.717) is 17.9 Å². The summed E-state index contributed by atoms with van der Waals surface area (Å²) in [6.07, 6.45) is 6.35. The van der Waals surface area contributed by atoms with Gasteiger partial charge in [-0.05, 0) is 25.7 Å². The monoisotopic (exact) mass is 257 g/mol. The lowest BCUT2D eigenvalue weighted by Gasteiger charge is -2.22. The normalized spacial score (nSPS) is 29.4. The van der Waals surface area contributed by atoms with Gasteiger partial charge < -0.3 is 10.1 Å². The zero-order valence-corrected chi connectivity index (χ0v) is 11.3.